The number of nitrogens with zero attached hydrogens (tertiary/aromatic N) is 1. The summed E-state index contributed by atoms with van der Waals surface area (Å²) >= 11 is 0. The van der Waals surface area contributed by atoms with Crippen LogP contribution in [0.25, 0.3) is 0 Å². The van der Waals surface area contributed by atoms with Gasteiger partial charge in [-0.15, -0.1) is 0 Å². The molecule has 0 bridgehead atoms. The maximum atomic E-state index is 9.94. The smallest absolute Gasteiger partial charge is 0.145 e. The van der Waals surface area contributed by atoms with Gasteiger partial charge >= 0.3 is 0 Å². The molecule has 1 fully saturated rings. The van der Waals surface area contributed by atoms with Crippen molar-refractivity contribution in [3.8, 4) is 0 Å². The average molecular weight is 190 g/mol. The van der Waals surface area contributed by atoms with Gasteiger partial charge in [0.05, 0.1) is 5.70 Å². The first kappa shape index (κ1) is 10.5. The van der Waals surface area contributed by atoms with E-state index in [0.717, 1.165) is 25.1 Å². The van der Waals surface area contributed by atoms with Crippen LogP contribution in [0.4, 0.5) is 0 Å². The molecule has 1 aliphatic rings. The van der Waals surface area contributed by atoms with Crippen molar-refractivity contribution in [3.63, 3.8) is 0 Å². The van der Waals surface area contributed by atoms with Crippen molar-refractivity contribution in [2.75, 3.05) is 6.54 Å². The van der Waals surface area contributed by atoms with Crippen LogP contribution in [-0.2, 0) is 4.79 Å². The number of rotatable bonds is 0. The van der Waals surface area contributed by atoms with Gasteiger partial charge in [0.1, 0.15) is 5.94 Å². The molecule has 0 spiro atoms. The number of pyridine rings is 1. The topological polar surface area (TPSA) is 42.0 Å². The van der Waals surface area contributed by atoms with Crippen molar-refractivity contribution < 1.29 is 4.79 Å². The van der Waals surface area contributed by atoms with E-state index >= 15 is 0 Å². The Balaban J connectivity index is 0.000000146. The largest absolute Gasteiger partial charge is 0.379 e. The summed E-state index contributed by atoms with van der Waals surface area (Å²) in [5.74, 6) is 1.86. The van der Waals surface area contributed by atoms with Gasteiger partial charge < -0.3 is 5.32 Å². The summed E-state index contributed by atoms with van der Waals surface area (Å²) in [5, 5.41) is 2.96. The first-order valence-electron chi connectivity index (χ1n) is 4.76. The molecule has 1 aliphatic heterocycles. The van der Waals surface area contributed by atoms with E-state index in [-0.39, 0.29) is 0 Å². The second-order valence-corrected chi connectivity index (χ2v) is 2.99. The summed E-state index contributed by atoms with van der Waals surface area (Å²) < 4.78 is 0. The zero-order valence-corrected chi connectivity index (χ0v) is 8.07. The second kappa shape index (κ2) is 6.87. The van der Waals surface area contributed by atoms with Gasteiger partial charge in [-0.2, -0.15) is 0 Å². The summed E-state index contributed by atoms with van der Waals surface area (Å²) in [6, 6.07) is 5.72. The van der Waals surface area contributed by atoms with Crippen molar-refractivity contribution in [2.45, 2.75) is 19.3 Å². The summed E-state index contributed by atoms with van der Waals surface area (Å²) in [4.78, 5) is 13.7. The highest BCUT2D eigenvalue weighted by Crippen LogP contribution is 2.05. The van der Waals surface area contributed by atoms with Crippen LogP contribution in [0.1, 0.15) is 19.3 Å². The Morgan fingerprint density at radius 1 is 1.21 bits per heavy atom. The molecule has 0 aliphatic carbocycles. The third-order valence-corrected chi connectivity index (χ3v) is 1.88. The highest BCUT2D eigenvalue weighted by atomic mass is 16.1. The van der Waals surface area contributed by atoms with Crippen LogP contribution in [0.2, 0.25) is 0 Å². The standard InChI is InChI=1S/C6H9NO.C5H5N/c8-5-6-3-1-2-4-7-6;1-2-4-6-5-3-1/h7H,1-4H2;1-5H. The van der Waals surface area contributed by atoms with Gasteiger partial charge in [-0.05, 0) is 31.4 Å². The highest BCUT2D eigenvalue weighted by Gasteiger charge is 2.02. The van der Waals surface area contributed by atoms with Gasteiger partial charge in [0.15, 0.2) is 0 Å². The van der Waals surface area contributed by atoms with Gasteiger partial charge in [0.2, 0.25) is 0 Å². The Morgan fingerprint density at radius 3 is 2.29 bits per heavy atom. The molecule has 2 heterocycles. The lowest BCUT2D eigenvalue weighted by molar-refractivity contribution is 0.547. The van der Waals surface area contributed by atoms with Gasteiger partial charge in [0.25, 0.3) is 0 Å². The molecule has 0 atom stereocenters. The second-order valence-electron chi connectivity index (χ2n) is 2.99. The number of hydrogen-bond acceptors (Lipinski definition) is 3. The van der Waals surface area contributed by atoms with E-state index in [1.54, 1.807) is 12.4 Å². The quantitative estimate of drug-likeness (QED) is 0.631. The Bertz CT molecular complexity index is 257. The molecule has 1 aromatic heterocycles. The fourth-order valence-corrected chi connectivity index (χ4v) is 1.15. The van der Waals surface area contributed by atoms with E-state index in [0.29, 0.717) is 0 Å². The zero-order chi connectivity index (χ0) is 10.1. The van der Waals surface area contributed by atoms with E-state index in [1.165, 1.54) is 6.42 Å². The predicted octanol–water partition coefficient (Wildman–Crippen LogP) is 1.56. The predicted molar refractivity (Wildman–Crippen MR) is 55.3 cm³/mol. The van der Waals surface area contributed by atoms with Crippen molar-refractivity contribution in [2.24, 2.45) is 0 Å². The first-order valence-corrected chi connectivity index (χ1v) is 4.76. The Labute approximate surface area is 83.9 Å². The molecule has 1 aromatic rings. The van der Waals surface area contributed by atoms with Crippen LogP contribution in [0.15, 0.2) is 36.3 Å². The Kier molecular flexibility index (Phi) is 5.14. The maximum Gasteiger partial charge on any atom is 0.145 e. The molecule has 1 N–H and O–H groups in total. The van der Waals surface area contributed by atoms with E-state index in [2.05, 4.69) is 10.3 Å². The molecule has 14 heavy (non-hydrogen) atoms. The summed E-state index contributed by atoms with van der Waals surface area (Å²) in [5.41, 5.74) is 0.747. The SMILES string of the molecule is O=C=C1CCCCN1.c1ccncc1. The van der Waals surface area contributed by atoms with Gasteiger partial charge in [-0.25, -0.2) is 4.79 Å². The molecule has 1 saturated heterocycles. The van der Waals surface area contributed by atoms with Crippen LogP contribution < -0.4 is 5.32 Å². The minimum atomic E-state index is 0.747. The number of aromatic nitrogens is 1. The lowest BCUT2D eigenvalue weighted by atomic mass is 10.1. The fraction of sp³-hybridized carbons (Fsp3) is 0.364. The fourth-order valence-electron chi connectivity index (χ4n) is 1.15. The molecule has 3 heteroatoms. The molecule has 0 unspecified atom stereocenters. The Morgan fingerprint density at radius 2 is 2.00 bits per heavy atom. The molecule has 0 amide bonds. The first-order chi connectivity index (χ1) is 6.93. The highest BCUT2D eigenvalue weighted by molar-refractivity contribution is 5.51. The van der Waals surface area contributed by atoms with Crippen LogP contribution >= 0.6 is 0 Å². The molecule has 0 saturated carbocycles. The number of hydrogen-bond donors (Lipinski definition) is 1. The van der Waals surface area contributed by atoms with E-state index in [4.69, 9.17) is 0 Å². The molecule has 0 aromatic carbocycles. The van der Waals surface area contributed by atoms with E-state index in [9.17, 15) is 4.79 Å². The third-order valence-electron chi connectivity index (χ3n) is 1.88. The summed E-state index contributed by atoms with van der Waals surface area (Å²) in [6.45, 7) is 0.949. The van der Waals surface area contributed by atoms with Gasteiger partial charge in [0, 0.05) is 18.9 Å². The molecule has 0 radical (unpaired) electrons. The molecular formula is C11H14N2O. The lowest BCUT2D eigenvalue weighted by Crippen LogP contribution is -2.19. The minimum absolute atomic E-state index is 0.747. The van der Waals surface area contributed by atoms with Crippen LogP contribution in [0.3, 0.4) is 0 Å². The minimum Gasteiger partial charge on any atom is -0.379 e. The monoisotopic (exact) mass is 190 g/mol. The van der Waals surface area contributed by atoms with Crippen molar-refractivity contribution >= 4 is 5.94 Å². The number of piperidine rings is 1. The third kappa shape index (κ3) is 4.43. The van der Waals surface area contributed by atoms with E-state index in [1.807, 2.05) is 24.1 Å². The normalized spacial score (nSPS) is 14.4. The zero-order valence-electron chi connectivity index (χ0n) is 8.07. The maximum absolute atomic E-state index is 9.94. The molecule has 74 valence electrons. The molecular weight excluding hydrogens is 176 g/mol. The number of allylic oxidation sites excluding steroid dienone is 1. The van der Waals surface area contributed by atoms with Crippen LogP contribution in [0, 0.1) is 0 Å². The van der Waals surface area contributed by atoms with Crippen molar-refractivity contribution in [3.05, 3.63) is 36.3 Å². The summed E-state index contributed by atoms with van der Waals surface area (Å²) in [6.07, 6.45) is 6.71. The van der Waals surface area contributed by atoms with Crippen molar-refractivity contribution in [1.29, 1.82) is 0 Å². The summed E-state index contributed by atoms with van der Waals surface area (Å²) in [7, 11) is 0. The van der Waals surface area contributed by atoms with Gasteiger partial charge in [-0.3, -0.25) is 4.98 Å². The Hall–Kier alpha value is -1.60. The molecule has 3 nitrogen and oxygen atoms in total. The number of nitrogens with one attached hydrogen (secondary N) is 1. The van der Waals surface area contributed by atoms with Crippen LogP contribution in [0.5, 0.6) is 0 Å². The van der Waals surface area contributed by atoms with E-state index < -0.39 is 0 Å². The van der Waals surface area contributed by atoms with Crippen LogP contribution in [-0.4, -0.2) is 17.5 Å². The molecule has 2 rings (SSSR count). The van der Waals surface area contributed by atoms with Crippen molar-refractivity contribution in [1.82, 2.24) is 10.3 Å². The number of carbonyl (C=O) groups excluding carboxylic acids is 1. The van der Waals surface area contributed by atoms with Gasteiger partial charge in [-0.1, -0.05) is 6.07 Å². The average Bonchev–Trinajstić information content (AvgIpc) is 2.33. The lowest BCUT2D eigenvalue weighted by Gasteiger charge is -2.11.